The number of rotatable bonds is 16. The molecule has 11 nitrogen and oxygen atoms in total. The third-order valence-corrected chi connectivity index (χ3v) is 6.38. The number of aromatic hydroxyl groups is 1. The van der Waals surface area contributed by atoms with E-state index >= 15 is 0 Å². The van der Waals surface area contributed by atoms with E-state index < -0.39 is 47.9 Å². The standard InChI is InChI=1S/C26H43N5O6/c1-5-16(4)21(28)24(34)31-22(15(2)3)25(35)30-20(14-17-9-11-18(32)12-10-17)23(33)29-19(26(36)37)8-6-7-13-27/h9-12,15-16,19-22,32H,5-8,13-14,27-28H2,1-4H3,(H,29,33)(H,30,35)(H,31,34)(H,36,37). The monoisotopic (exact) mass is 521 g/mol. The van der Waals surface area contributed by atoms with Crippen molar-refractivity contribution < 1.29 is 29.4 Å². The SMILES string of the molecule is CCC(C)C(N)C(=O)NC(C(=O)NC(Cc1ccc(O)cc1)C(=O)NC(CCCCN)C(=O)O)C(C)C. The molecule has 1 rings (SSSR count). The fourth-order valence-corrected chi connectivity index (χ4v) is 3.66. The normalized spacial score (nSPS) is 15.2. The minimum atomic E-state index is -1.19. The molecule has 208 valence electrons. The van der Waals surface area contributed by atoms with Gasteiger partial charge in [-0.15, -0.1) is 0 Å². The Balaban J connectivity index is 3.12. The lowest BCUT2D eigenvalue weighted by Gasteiger charge is -2.28. The fraction of sp³-hybridized carbons (Fsp3) is 0.615. The first-order valence-corrected chi connectivity index (χ1v) is 12.8. The van der Waals surface area contributed by atoms with Crippen molar-refractivity contribution >= 4 is 23.7 Å². The first-order valence-electron chi connectivity index (χ1n) is 12.8. The van der Waals surface area contributed by atoms with Gasteiger partial charge in [-0.05, 0) is 55.3 Å². The molecule has 1 aromatic carbocycles. The Morgan fingerprint density at radius 1 is 0.892 bits per heavy atom. The lowest BCUT2D eigenvalue weighted by Crippen LogP contribution is -2.59. The van der Waals surface area contributed by atoms with Crippen LogP contribution in [0.4, 0.5) is 0 Å². The van der Waals surface area contributed by atoms with Gasteiger partial charge in [0.1, 0.15) is 23.9 Å². The molecule has 0 aliphatic rings. The number of nitrogens with two attached hydrogens (primary N) is 2. The number of hydrogen-bond donors (Lipinski definition) is 7. The zero-order valence-electron chi connectivity index (χ0n) is 22.2. The molecule has 11 heteroatoms. The van der Waals surface area contributed by atoms with Crippen molar-refractivity contribution in [2.45, 2.75) is 84.0 Å². The maximum atomic E-state index is 13.3. The minimum Gasteiger partial charge on any atom is -0.508 e. The molecule has 0 aliphatic heterocycles. The van der Waals surface area contributed by atoms with Gasteiger partial charge >= 0.3 is 5.97 Å². The van der Waals surface area contributed by atoms with Crippen LogP contribution in [0.1, 0.15) is 58.9 Å². The van der Waals surface area contributed by atoms with Crippen LogP contribution in [0.5, 0.6) is 5.75 Å². The molecule has 0 aromatic heterocycles. The van der Waals surface area contributed by atoms with Crippen LogP contribution in [0.2, 0.25) is 0 Å². The molecule has 1 aromatic rings. The summed E-state index contributed by atoms with van der Waals surface area (Å²) in [4.78, 5) is 50.8. The molecular formula is C26H43N5O6. The van der Waals surface area contributed by atoms with Crippen LogP contribution in [0.3, 0.4) is 0 Å². The number of benzene rings is 1. The Kier molecular flexibility index (Phi) is 13.6. The van der Waals surface area contributed by atoms with Crippen LogP contribution in [0.25, 0.3) is 0 Å². The molecule has 0 spiro atoms. The summed E-state index contributed by atoms with van der Waals surface area (Å²) < 4.78 is 0. The second kappa shape index (κ2) is 15.8. The topological polar surface area (TPSA) is 197 Å². The quantitative estimate of drug-likeness (QED) is 0.154. The van der Waals surface area contributed by atoms with Gasteiger partial charge in [0.25, 0.3) is 0 Å². The summed E-state index contributed by atoms with van der Waals surface area (Å²) in [6.07, 6.45) is 2.05. The van der Waals surface area contributed by atoms with E-state index in [1.54, 1.807) is 26.0 Å². The van der Waals surface area contributed by atoms with Gasteiger partial charge in [0, 0.05) is 6.42 Å². The molecule has 0 aliphatic carbocycles. The molecular weight excluding hydrogens is 478 g/mol. The average Bonchev–Trinajstić information content (AvgIpc) is 2.85. The first-order chi connectivity index (χ1) is 17.4. The highest BCUT2D eigenvalue weighted by Crippen LogP contribution is 2.13. The molecule has 0 saturated heterocycles. The number of hydrogen-bond acceptors (Lipinski definition) is 7. The maximum absolute atomic E-state index is 13.3. The summed E-state index contributed by atoms with van der Waals surface area (Å²) >= 11 is 0. The molecule has 5 unspecified atom stereocenters. The number of carbonyl (C=O) groups is 4. The molecule has 0 fully saturated rings. The molecule has 5 atom stereocenters. The van der Waals surface area contributed by atoms with Gasteiger partial charge in [0.05, 0.1) is 6.04 Å². The summed E-state index contributed by atoms with van der Waals surface area (Å²) in [6.45, 7) is 7.68. The Hall–Kier alpha value is -3.18. The second-order valence-corrected chi connectivity index (χ2v) is 9.76. The van der Waals surface area contributed by atoms with Gasteiger partial charge in [-0.25, -0.2) is 4.79 Å². The van der Waals surface area contributed by atoms with Crippen molar-refractivity contribution in [1.82, 2.24) is 16.0 Å². The van der Waals surface area contributed by atoms with Crippen molar-refractivity contribution in [3.8, 4) is 5.75 Å². The Morgan fingerprint density at radius 2 is 1.49 bits per heavy atom. The third kappa shape index (κ3) is 10.8. The van der Waals surface area contributed by atoms with E-state index in [1.807, 2.05) is 13.8 Å². The van der Waals surface area contributed by atoms with Crippen molar-refractivity contribution in [3.05, 3.63) is 29.8 Å². The van der Waals surface area contributed by atoms with Crippen LogP contribution in [-0.4, -0.2) is 64.6 Å². The van der Waals surface area contributed by atoms with Crippen LogP contribution in [0, 0.1) is 11.8 Å². The zero-order valence-corrected chi connectivity index (χ0v) is 22.2. The number of aliphatic carboxylic acids is 1. The number of phenols is 1. The number of amides is 3. The summed E-state index contributed by atoms with van der Waals surface area (Å²) in [5.41, 5.74) is 12.1. The molecule has 0 bridgehead atoms. The number of carboxylic acids is 1. The molecule has 3 amide bonds. The predicted molar refractivity (Wildman–Crippen MR) is 140 cm³/mol. The van der Waals surface area contributed by atoms with Crippen LogP contribution in [-0.2, 0) is 25.6 Å². The number of nitrogens with one attached hydrogen (secondary N) is 3. The minimum absolute atomic E-state index is 0.0398. The van der Waals surface area contributed by atoms with Crippen LogP contribution in [0.15, 0.2) is 24.3 Å². The fourth-order valence-electron chi connectivity index (χ4n) is 3.66. The largest absolute Gasteiger partial charge is 0.508 e. The number of phenolic OH excluding ortho intramolecular Hbond substituents is 1. The van der Waals surface area contributed by atoms with Crippen LogP contribution >= 0.6 is 0 Å². The van der Waals surface area contributed by atoms with Gasteiger partial charge in [-0.2, -0.15) is 0 Å². The van der Waals surface area contributed by atoms with E-state index in [1.165, 1.54) is 12.1 Å². The van der Waals surface area contributed by atoms with Gasteiger partial charge in [0.15, 0.2) is 0 Å². The second-order valence-electron chi connectivity index (χ2n) is 9.76. The maximum Gasteiger partial charge on any atom is 0.326 e. The van der Waals surface area contributed by atoms with E-state index in [9.17, 15) is 29.4 Å². The van der Waals surface area contributed by atoms with Gasteiger partial charge in [0.2, 0.25) is 17.7 Å². The highest BCUT2D eigenvalue weighted by molar-refractivity contribution is 5.94. The van der Waals surface area contributed by atoms with Crippen LogP contribution < -0.4 is 27.4 Å². The molecule has 0 saturated carbocycles. The van der Waals surface area contributed by atoms with Crippen molar-refractivity contribution in [2.24, 2.45) is 23.3 Å². The van der Waals surface area contributed by atoms with Crippen molar-refractivity contribution in [3.63, 3.8) is 0 Å². The van der Waals surface area contributed by atoms with E-state index in [0.717, 1.165) is 0 Å². The highest BCUT2D eigenvalue weighted by Gasteiger charge is 2.32. The third-order valence-electron chi connectivity index (χ3n) is 6.38. The Labute approximate surface area is 218 Å². The Morgan fingerprint density at radius 3 is 2.00 bits per heavy atom. The summed E-state index contributed by atoms with van der Waals surface area (Å²) in [5, 5.41) is 27.0. The average molecular weight is 522 g/mol. The number of carbonyl (C=O) groups excluding carboxylic acids is 3. The summed E-state index contributed by atoms with van der Waals surface area (Å²) in [7, 11) is 0. The van der Waals surface area contributed by atoms with E-state index in [-0.39, 0.29) is 30.4 Å². The van der Waals surface area contributed by atoms with Gasteiger partial charge < -0.3 is 37.6 Å². The number of unbranched alkanes of at least 4 members (excludes halogenated alkanes) is 1. The smallest absolute Gasteiger partial charge is 0.326 e. The lowest BCUT2D eigenvalue weighted by molar-refractivity contribution is -0.142. The predicted octanol–water partition coefficient (Wildman–Crippen LogP) is 0.632. The first kappa shape index (κ1) is 31.8. The van der Waals surface area contributed by atoms with Crippen molar-refractivity contribution in [1.29, 1.82) is 0 Å². The number of carboxylic acid groups (broad SMARTS) is 1. The van der Waals surface area contributed by atoms with Gasteiger partial charge in [-0.1, -0.05) is 46.2 Å². The lowest BCUT2D eigenvalue weighted by atomic mass is 9.97. The van der Waals surface area contributed by atoms with E-state index in [4.69, 9.17) is 11.5 Å². The molecule has 9 N–H and O–H groups in total. The molecule has 0 heterocycles. The zero-order chi connectivity index (χ0) is 28.1. The van der Waals surface area contributed by atoms with Crippen molar-refractivity contribution in [2.75, 3.05) is 6.54 Å². The summed E-state index contributed by atoms with van der Waals surface area (Å²) in [5.74, 6) is -3.27. The van der Waals surface area contributed by atoms with E-state index in [2.05, 4.69) is 16.0 Å². The Bertz CT molecular complexity index is 892. The van der Waals surface area contributed by atoms with E-state index in [0.29, 0.717) is 31.4 Å². The molecule has 37 heavy (non-hydrogen) atoms. The molecule has 0 radical (unpaired) electrons. The summed E-state index contributed by atoms with van der Waals surface area (Å²) in [6, 6.07) is 2.08. The highest BCUT2D eigenvalue weighted by atomic mass is 16.4. The van der Waals surface area contributed by atoms with Gasteiger partial charge in [-0.3, -0.25) is 14.4 Å².